The maximum absolute atomic E-state index is 15.1. The lowest BCUT2D eigenvalue weighted by Gasteiger charge is -2.33. The van der Waals surface area contributed by atoms with Crippen molar-refractivity contribution in [3.8, 4) is 11.3 Å². The number of piperazine rings is 1. The molecule has 1 saturated heterocycles. The van der Waals surface area contributed by atoms with Crippen LogP contribution in [-0.2, 0) is 6.54 Å². The van der Waals surface area contributed by atoms with Gasteiger partial charge in [-0.1, -0.05) is 6.92 Å². The maximum atomic E-state index is 15.1. The van der Waals surface area contributed by atoms with E-state index in [0.717, 1.165) is 62.6 Å². The zero-order chi connectivity index (χ0) is 23.9. The van der Waals surface area contributed by atoms with Crippen LogP contribution in [0.25, 0.3) is 22.3 Å². The third-order valence-corrected chi connectivity index (χ3v) is 7.10. The van der Waals surface area contributed by atoms with E-state index in [1.165, 1.54) is 6.07 Å². The average Bonchev–Trinajstić information content (AvgIpc) is 3.26. The summed E-state index contributed by atoms with van der Waals surface area (Å²) in [6.07, 6.45) is 5.72. The second-order valence-corrected chi connectivity index (χ2v) is 9.57. The normalized spacial score (nSPS) is 18.6. The van der Waals surface area contributed by atoms with Crippen molar-refractivity contribution in [1.29, 1.82) is 0 Å². The van der Waals surface area contributed by atoms with Crippen LogP contribution in [0.5, 0.6) is 0 Å². The zero-order valence-corrected chi connectivity index (χ0v) is 20.1. The number of aryl methyl sites for hydroxylation is 1. The summed E-state index contributed by atoms with van der Waals surface area (Å²) < 4.78 is 17.2. The Kier molecular flexibility index (Phi) is 5.56. The molecule has 180 valence electrons. The second-order valence-electron chi connectivity index (χ2n) is 9.57. The summed E-state index contributed by atoms with van der Waals surface area (Å²) in [7, 11) is 2.15. The van der Waals surface area contributed by atoms with Crippen LogP contribution in [0.1, 0.15) is 31.5 Å². The van der Waals surface area contributed by atoms with Gasteiger partial charge in [-0.05, 0) is 50.2 Å². The van der Waals surface area contributed by atoms with Gasteiger partial charge in [0.25, 0.3) is 0 Å². The van der Waals surface area contributed by atoms with Gasteiger partial charge >= 0.3 is 0 Å². The summed E-state index contributed by atoms with van der Waals surface area (Å²) in [4.78, 5) is 22.8. The van der Waals surface area contributed by atoms with Gasteiger partial charge in [0.05, 0.1) is 23.1 Å². The molecule has 1 unspecified atom stereocenters. The number of rotatable bonds is 4. The molecule has 1 aromatic carbocycles. The highest BCUT2D eigenvalue weighted by atomic mass is 19.1. The number of pyridine rings is 1. The molecule has 6 rings (SSSR count). The van der Waals surface area contributed by atoms with Crippen LogP contribution < -0.4 is 10.2 Å². The fraction of sp³-hybridized carbons (Fsp3) is 0.385. The van der Waals surface area contributed by atoms with Gasteiger partial charge in [0.15, 0.2) is 5.82 Å². The highest BCUT2D eigenvalue weighted by Gasteiger charge is 2.23. The number of anilines is 3. The Labute approximate surface area is 203 Å². The van der Waals surface area contributed by atoms with Crippen LogP contribution in [0.4, 0.5) is 21.8 Å². The van der Waals surface area contributed by atoms with Crippen LogP contribution in [0.3, 0.4) is 0 Å². The van der Waals surface area contributed by atoms with Crippen molar-refractivity contribution in [3.63, 3.8) is 0 Å². The predicted octanol–water partition coefficient (Wildman–Crippen LogP) is 4.42. The largest absolute Gasteiger partial charge is 0.368 e. The van der Waals surface area contributed by atoms with Crippen molar-refractivity contribution in [1.82, 2.24) is 29.4 Å². The molecule has 1 atom stereocenters. The molecule has 35 heavy (non-hydrogen) atoms. The SMILES string of the molecule is CC1CCCn2c1nc1c(F)cc(-c3ccnc(Nc4ccc(N5CCN(C)CC5)cn4)n3)cc12. The van der Waals surface area contributed by atoms with E-state index in [0.29, 0.717) is 34.5 Å². The van der Waals surface area contributed by atoms with Gasteiger partial charge in [-0.3, -0.25) is 0 Å². The Morgan fingerprint density at radius 2 is 1.86 bits per heavy atom. The third-order valence-electron chi connectivity index (χ3n) is 7.10. The molecule has 4 aromatic rings. The minimum Gasteiger partial charge on any atom is -0.368 e. The van der Waals surface area contributed by atoms with Crippen molar-refractivity contribution < 1.29 is 4.39 Å². The summed E-state index contributed by atoms with van der Waals surface area (Å²) in [5.41, 5.74) is 3.74. The summed E-state index contributed by atoms with van der Waals surface area (Å²) in [6, 6.07) is 9.31. The van der Waals surface area contributed by atoms with Crippen LogP contribution in [0.15, 0.2) is 42.7 Å². The number of likely N-dealkylation sites (N-methyl/N-ethyl adjacent to an activating group) is 1. The third kappa shape index (κ3) is 4.20. The van der Waals surface area contributed by atoms with Gasteiger partial charge in [0.1, 0.15) is 17.2 Å². The van der Waals surface area contributed by atoms with E-state index in [1.807, 2.05) is 18.3 Å². The number of nitrogens with one attached hydrogen (secondary N) is 1. The molecule has 2 aliphatic rings. The lowest BCUT2D eigenvalue weighted by Crippen LogP contribution is -2.44. The predicted molar refractivity (Wildman–Crippen MR) is 136 cm³/mol. The topological polar surface area (TPSA) is 75.0 Å². The number of hydrogen-bond donors (Lipinski definition) is 1. The molecular weight excluding hydrogens is 443 g/mol. The number of nitrogens with zero attached hydrogens (tertiary/aromatic N) is 7. The smallest absolute Gasteiger partial charge is 0.228 e. The van der Waals surface area contributed by atoms with Gasteiger partial charge in [-0.15, -0.1) is 0 Å². The number of halogens is 1. The standard InChI is InChI=1S/C26H29FN8/c1-17-4-3-9-35-22-15-18(14-20(27)24(22)32-25(17)35)21-7-8-28-26(30-21)31-23-6-5-19(16-29-23)34-12-10-33(2)11-13-34/h5-8,14-17H,3-4,9-13H2,1-2H3,(H,28,29,30,31). The van der Waals surface area contributed by atoms with E-state index in [1.54, 1.807) is 12.3 Å². The molecule has 9 heteroatoms. The first-order chi connectivity index (χ1) is 17.0. The van der Waals surface area contributed by atoms with Crippen molar-refractivity contribution in [3.05, 3.63) is 54.4 Å². The van der Waals surface area contributed by atoms with Crippen molar-refractivity contribution in [2.24, 2.45) is 0 Å². The van der Waals surface area contributed by atoms with E-state index in [4.69, 9.17) is 0 Å². The van der Waals surface area contributed by atoms with Gasteiger partial charge < -0.3 is 19.7 Å². The first-order valence-electron chi connectivity index (χ1n) is 12.2. The molecule has 0 bridgehead atoms. The number of benzene rings is 1. The fourth-order valence-corrected chi connectivity index (χ4v) is 5.05. The van der Waals surface area contributed by atoms with E-state index in [-0.39, 0.29) is 5.82 Å². The quantitative estimate of drug-likeness (QED) is 0.471. The number of hydrogen-bond acceptors (Lipinski definition) is 7. The monoisotopic (exact) mass is 472 g/mol. The van der Waals surface area contributed by atoms with E-state index in [9.17, 15) is 0 Å². The Balaban J connectivity index is 1.25. The van der Waals surface area contributed by atoms with Gasteiger partial charge in [0, 0.05) is 50.4 Å². The number of fused-ring (bicyclic) bond motifs is 3. The van der Waals surface area contributed by atoms with Crippen LogP contribution in [0.2, 0.25) is 0 Å². The highest BCUT2D eigenvalue weighted by Crippen LogP contribution is 2.33. The average molecular weight is 473 g/mol. The molecular formula is C26H29FN8. The maximum Gasteiger partial charge on any atom is 0.228 e. The molecule has 0 radical (unpaired) electrons. The van der Waals surface area contributed by atoms with Crippen LogP contribution in [0, 0.1) is 5.82 Å². The summed E-state index contributed by atoms with van der Waals surface area (Å²) >= 11 is 0. The van der Waals surface area contributed by atoms with Crippen LogP contribution in [-0.4, -0.2) is 62.6 Å². The first-order valence-corrected chi connectivity index (χ1v) is 12.2. The van der Waals surface area contributed by atoms with Crippen molar-refractivity contribution >= 4 is 28.5 Å². The van der Waals surface area contributed by atoms with Gasteiger partial charge in [-0.2, -0.15) is 0 Å². The molecule has 0 amide bonds. The number of imidazole rings is 1. The first kappa shape index (κ1) is 21.9. The van der Waals surface area contributed by atoms with E-state index >= 15 is 4.39 Å². The molecule has 8 nitrogen and oxygen atoms in total. The lowest BCUT2D eigenvalue weighted by atomic mass is 10.0. The zero-order valence-electron chi connectivity index (χ0n) is 20.1. The molecule has 3 aromatic heterocycles. The minimum atomic E-state index is -0.319. The molecule has 2 aliphatic heterocycles. The summed E-state index contributed by atoms with van der Waals surface area (Å²) in [6.45, 7) is 7.12. The summed E-state index contributed by atoms with van der Waals surface area (Å²) in [5.74, 6) is 2.08. The van der Waals surface area contributed by atoms with E-state index in [2.05, 4.69) is 59.7 Å². The van der Waals surface area contributed by atoms with Gasteiger partial charge in [-0.25, -0.2) is 24.3 Å². The Morgan fingerprint density at radius 3 is 2.66 bits per heavy atom. The Hall–Kier alpha value is -3.59. The Bertz CT molecular complexity index is 1360. The fourth-order valence-electron chi connectivity index (χ4n) is 5.05. The Morgan fingerprint density at radius 1 is 1.00 bits per heavy atom. The van der Waals surface area contributed by atoms with Crippen molar-refractivity contribution in [2.45, 2.75) is 32.2 Å². The summed E-state index contributed by atoms with van der Waals surface area (Å²) in [5, 5.41) is 3.18. The molecule has 0 aliphatic carbocycles. The molecule has 5 heterocycles. The van der Waals surface area contributed by atoms with Crippen LogP contribution >= 0.6 is 0 Å². The molecule has 0 spiro atoms. The van der Waals surface area contributed by atoms with Crippen molar-refractivity contribution in [2.75, 3.05) is 43.4 Å². The molecule has 1 fully saturated rings. The number of aromatic nitrogens is 5. The van der Waals surface area contributed by atoms with E-state index < -0.39 is 0 Å². The lowest BCUT2D eigenvalue weighted by molar-refractivity contribution is 0.313. The molecule has 1 N–H and O–H groups in total. The molecule has 0 saturated carbocycles. The second kappa shape index (κ2) is 8.88. The highest BCUT2D eigenvalue weighted by molar-refractivity contribution is 5.83. The minimum absolute atomic E-state index is 0.319. The van der Waals surface area contributed by atoms with Gasteiger partial charge in [0.2, 0.25) is 5.95 Å².